The zero-order chi connectivity index (χ0) is 17.8. The van der Waals surface area contributed by atoms with Gasteiger partial charge in [-0.2, -0.15) is 9.97 Å². The van der Waals surface area contributed by atoms with Crippen LogP contribution in [-0.4, -0.2) is 15.0 Å². The van der Waals surface area contributed by atoms with E-state index in [1.165, 1.54) is 5.56 Å². The number of H-pyrrole nitrogens is 1. The number of anilines is 2. The Labute approximate surface area is 147 Å². The van der Waals surface area contributed by atoms with E-state index in [2.05, 4.69) is 51.2 Å². The second-order valence-electron chi connectivity index (χ2n) is 6.16. The minimum Gasteiger partial charge on any atom is -0.363 e. The van der Waals surface area contributed by atoms with Gasteiger partial charge in [-0.15, -0.1) is 0 Å². The maximum absolute atomic E-state index is 4.67. The highest BCUT2D eigenvalue weighted by Gasteiger charge is 2.12. The summed E-state index contributed by atoms with van der Waals surface area (Å²) < 4.78 is 0. The lowest BCUT2D eigenvalue weighted by Gasteiger charge is -2.17. The molecule has 1 atom stereocenters. The summed E-state index contributed by atoms with van der Waals surface area (Å²) in [5, 5.41) is 7.70. The van der Waals surface area contributed by atoms with Crippen molar-refractivity contribution in [1.29, 1.82) is 0 Å². The minimum atomic E-state index is 0.129. The van der Waals surface area contributed by atoms with E-state index >= 15 is 0 Å². The topological polar surface area (TPSA) is 65.6 Å². The van der Waals surface area contributed by atoms with E-state index < -0.39 is 0 Å². The van der Waals surface area contributed by atoms with Gasteiger partial charge in [0.15, 0.2) is 0 Å². The quantitative estimate of drug-likeness (QED) is 0.554. The second-order valence-corrected chi connectivity index (χ2v) is 6.16. The molecule has 25 heavy (non-hydrogen) atoms. The van der Waals surface area contributed by atoms with Crippen molar-refractivity contribution in [2.75, 3.05) is 10.6 Å². The van der Waals surface area contributed by atoms with Crippen LogP contribution in [0, 0.1) is 0 Å². The smallest absolute Gasteiger partial charge is 0.231 e. The molecule has 0 radical (unpaired) electrons. The number of aromatic amines is 1. The first-order valence-corrected chi connectivity index (χ1v) is 8.32. The number of allylic oxidation sites excluding steroid dienone is 2. The summed E-state index contributed by atoms with van der Waals surface area (Å²) in [5.74, 6) is 1.33. The normalized spacial score (nSPS) is 11.8. The SMILES string of the molecule is C=CC(Nc1nc(N[C@@H](C)c2ccccc2)c2cc[nH]c2n1)=C(C)C. The van der Waals surface area contributed by atoms with Crippen molar-refractivity contribution < 1.29 is 0 Å². The Bertz CT molecular complexity index is 904. The Morgan fingerprint density at radius 2 is 1.92 bits per heavy atom. The second kappa shape index (κ2) is 7.21. The minimum absolute atomic E-state index is 0.129. The predicted molar refractivity (Wildman–Crippen MR) is 105 cm³/mol. The molecule has 0 amide bonds. The van der Waals surface area contributed by atoms with Crippen LogP contribution in [0.2, 0.25) is 0 Å². The van der Waals surface area contributed by atoms with Crippen molar-refractivity contribution in [3.05, 3.63) is 72.1 Å². The molecule has 0 aliphatic carbocycles. The molecule has 2 heterocycles. The van der Waals surface area contributed by atoms with Gasteiger partial charge in [-0.3, -0.25) is 0 Å². The summed E-state index contributed by atoms with van der Waals surface area (Å²) in [7, 11) is 0. The molecule has 0 bridgehead atoms. The Morgan fingerprint density at radius 1 is 1.16 bits per heavy atom. The maximum Gasteiger partial charge on any atom is 0.231 e. The Kier molecular flexibility index (Phi) is 4.84. The molecule has 0 unspecified atom stereocenters. The fourth-order valence-electron chi connectivity index (χ4n) is 2.64. The summed E-state index contributed by atoms with van der Waals surface area (Å²) in [5.41, 5.74) is 4.03. The summed E-state index contributed by atoms with van der Waals surface area (Å²) in [6.45, 7) is 10.0. The average molecular weight is 333 g/mol. The van der Waals surface area contributed by atoms with Gasteiger partial charge in [0.1, 0.15) is 11.5 Å². The fraction of sp³-hybridized carbons (Fsp3) is 0.200. The van der Waals surface area contributed by atoms with Crippen LogP contribution >= 0.6 is 0 Å². The molecule has 3 rings (SSSR count). The van der Waals surface area contributed by atoms with E-state index in [-0.39, 0.29) is 6.04 Å². The highest BCUT2D eigenvalue weighted by atomic mass is 15.2. The van der Waals surface area contributed by atoms with Crippen molar-refractivity contribution in [3.63, 3.8) is 0 Å². The molecular formula is C20H23N5. The van der Waals surface area contributed by atoms with Gasteiger partial charge in [-0.05, 0) is 38.5 Å². The number of aromatic nitrogens is 3. The lowest BCUT2D eigenvalue weighted by Crippen LogP contribution is -2.10. The van der Waals surface area contributed by atoms with Crippen LogP contribution in [0.15, 0.2) is 66.5 Å². The van der Waals surface area contributed by atoms with Crippen LogP contribution in [0.4, 0.5) is 11.8 Å². The number of hydrogen-bond acceptors (Lipinski definition) is 4. The van der Waals surface area contributed by atoms with Crippen molar-refractivity contribution in [1.82, 2.24) is 15.0 Å². The zero-order valence-corrected chi connectivity index (χ0v) is 14.8. The number of nitrogens with one attached hydrogen (secondary N) is 3. The molecule has 3 N–H and O–H groups in total. The standard InChI is InChI=1S/C20H23N5/c1-5-17(13(2)3)23-20-24-18-16(11-12-21-18)19(25-20)22-14(4)15-9-7-6-8-10-15/h5-12,14H,1H2,2-4H3,(H3,21,22,23,24,25)/t14-/m0/s1. The van der Waals surface area contributed by atoms with Crippen LogP contribution < -0.4 is 10.6 Å². The largest absolute Gasteiger partial charge is 0.363 e. The van der Waals surface area contributed by atoms with E-state index in [1.54, 1.807) is 6.08 Å². The van der Waals surface area contributed by atoms with E-state index in [0.717, 1.165) is 28.1 Å². The fourth-order valence-corrected chi connectivity index (χ4v) is 2.64. The molecular weight excluding hydrogens is 310 g/mol. The van der Waals surface area contributed by atoms with Gasteiger partial charge in [-0.1, -0.05) is 42.5 Å². The molecule has 5 nitrogen and oxygen atoms in total. The summed E-state index contributed by atoms with van der Waals surface area (Å²) >= 11 is 0. The van der Waals surface area contributed by atoms with Crippen LogP contribution in [0.5, 0.6) is 0 Å². The number of fused-ring (bicyclic) bond motifs is 1. The Balaban J connectivity index is 1.95. The molecule has 3 aromatic rings. The number of rotatable bonds is 6. The van der Waals surface area contributed by atoms with Gasteiger partial charge in [0.05, 0.1) is 5.39 Å². The molecule has 1 aromatic carbocycles. The predicted octanol–water partition coefficient (Wildman–Crippen LogP) is 5.02. The summed E-state index contributed by atoms with van der Waals surface area (Å²) in [6.07, 6.45) is 3.65. The van der Waals surface area contributed by atoms with Crippen molar-refractivity contribution >= 4 is 22.8 Å². The lowest BCUT2D eigenvalue weighted by molar-refractivity contribution is 0.876. The molecule has 128 valence electrons. The molecule has 0 saturated carbocycles. The van der Waals surface area contributed by atoms with Crippen molar-refractivity contribution in [2.24, 2.45) is 0 Å². The van der Waals surface area contributed by atoms with Crippen LogP contribution in [0.25, 0.3) is 11.0 Å². The first-order chi connectivity index (χ1) is 12.1. The number of nitrogens with zero attached hydrogens (tertiary/aromatic N) is 2. The third kappa shape index (κ3) is 3.71. The molecule has 0 spiro atoms. The van der Waals surface area contributed by atoms with Gasteiger partial charge in [0.25, 0.3) is 0 Å². The van der Waals surface area contributed by atoms with Gasteiger partial charge >= 0.3 is 0 Å². The first kappa shape index (κ1) is 16.8. The highest BCUT2D eigenvalue weighted by molar-refractivity contribution is 5.88. The summed E-state index contributed by atoms with van der Waals surface area (Å²) in [6, 6.07) is 12.4. The van der Waals surface area contributed by atoms with E-state index in [4.69, 9.17) is 0 Å². The monoisotopic (exact) mass is 333 g/mol. The average Bonchev–Trinajstić information content (AvgIpc) is 3.09. The van der Waals surface area contributed by atoms with Crippen LogP contribution in [-0.2, 0) is 0 Å². The summed E-state index contributed by atoms with van der Waals surface area (Å²) in [4.78, 5) is 12.4. The third-order valence-electron chi connectivity index (χ3n) is 4.06. The Hall–Kier alpha value is -3.08. The van der Waals surface area contributed by atoms with Crippen LogP contribution in [0.1, 0.15) is 32.4 Å². The maximum atomic E-state index is 4.67. The molecule has 0 saturated heterocycles. The zero-order valence-electron chi connectivity index (χ0n) is 14.8. The number of benzene rings is 1. The molecule has 0 aliphatic rings. The van der Waals surface area contributed by atoms with Crippen LogP contribution in [0.3, 0.4) is 0 Å². The van der Waals surface area contributed by atoms with E-state index in [0.29, 0.717) is 5.95 Å². The molecule has 0 aliphatic heterocycles. The molecule has 5 heteroatoms. The van der Waals surface area contributed by atoms with Crippen molar-refractivity contribution in [2.45, 2.75) is 26.8 Å². The first-order valence-electron chi connectivity index (χ1n) is 8.32. The highest BCUT2D eigenvalue weighted by Crippen LogP contribution is 2.26. The lowest BCUT2D eigenvalue weighted by atomic mass is 10.1. The van der Waals surface area contributed by atoms with Gasteiger partial charge in [-0.25, -0.2) is 0 Å². The Morgan fingerprint density at radius 3 is 2.60 bits per heavy atom. The van der Waals surface area contributed by atoms with Gasteiger partial charge in [0.2, 0.25) is 5.95 Å². The van der Waals surface area contributed by atoms with Crippen molar-refractivity contribution in [3.8, 4) is 0 Å². The third-order valence-corrected chi connectivity index (χ3v) is 4.06. The number of hydrogen-bond donors (Lipinski definition) is 3. The molecule has 0 fully saturated rings. The van der Waals surface area contributed by atoms with E-state index in [1.807, 2.05) is 44.3 Å². The van der Waals surface area contributed by atoms with Gasteiger partial charge in [0, 0.05) is 17.9 Å². The van der Waals surface area contributed by atoms with Gasteiger partial charge < -0.3 is 15.6 Å². The van der Waals surface area contributed by atoms with E-state index in [9.17, 15) is 0 Å². The molecule has 2 aromatic heterocycles.